The number of carbonyl (C=O) groups is 1. The Kier molecular flexibility index (Phi) is 6.18. The maximum Gasteiger partial charge on any atom is 0.230 e. The number of benzene rings is 1. The first-order chi connectivity index (χ1) is 12.0. The second-order valence-electron chi connectivity index (χ2n) is 7.57. The molecule has 2 atom stereocenters. The number of rotatable bonds is 7. The minimum absolute atomic E-state index is 0.198. The van der Waals surface area contributed by atoms with E-state index in [1.165, 1.54) is 0 Å². The number of morpholine rings is 1. The molecule has 2 aliphatic rings. The average molecular weight is 409 g/mol. The predicted octanol–water partition coefficient (Wildman–Crippen LogP) is 3.49. The van der Waals surface area contributed by atoms with Crippen molar-refractivity contribution >= 4 is 21.8 Å². The van der Waals surface area contributed by atoms with E-state index in [9.17, 15) is 4.79 Å². The minimum atomic E-state index is -0.268. The molecule has 4 nitrogen and oxygen atoms in total. The third-order valence-electron chi connectivity index (χ3n) is 5.26. The summed E-state index contributed by atoms with van der Waals surface area (Å²) in [6.45, 7) is 8.17. The van der Waals surface area contributed by atoms with Crippen LogP contribution < -0.4 is 5.32 Å². The molecule has 0 radical (unpaired) electrons. The van der Waals surface area contributed by atoms with E-state index in [1.54, 1.807) is 0 Å². The van der Waals surface area contributed by atoms with E-state index in [1.807, 2.05) is 12.1 Å². The lowest BCUT2D eigenvalue weighted by Crippen LogP contribution is -2.45. The van der Waals surface area contributed by atoms with Gasteiger partial charge < -0.3 is 10.1 Å². The van der Waals surface area contributed by atoms with Crippen LogP contribution in [0.4, 0.5) is 0 Å². The summed E-state index contributed by atoms with van der Waals surface area (Å²) in [5.74, 6) is 0.198. The van der Waals surface area contributed by atoms with Crippen LogP contribution in [-0.2, 0) is 14.9 Å². The van der Waals surface area contributed by atoms with E-state index in [0.717, 1.165) is 61.9 Å². The van der Waals surface area contributed by atoms with E-state index >= 15 is 0 Å². The lowest BCUT2D eigenvalue weighted by atomic mass is 9.95. The van der Waals surface area contributed by atoms with Crippen molar-refractivity contribution in [3.63, 3.8) is 0 Å². The highest BCUT2D eigenvalue weighted by atomic mass is 79.9. The molecule has 3 rings (SSSR count). The highest BCUT2D eigenvalue weighted by Gasteiger charge is 2.50. The summed E-state index contributed by atoms with van der Waals surface area (Å²) in [6, 6.07) is 8.18. The van der Waals surface area contributed by atoms with Crippen molar-refractivity contribution < 1.29 is 9.53 Å². The first kappa shape index (κ1) is 18.9. The number of unbranched alkanes of at least 4 members (excludes halogenated alkanes) is 1. The third-order valence-corrected chi connectivity index (χ3v) is 5.79. The second kappa shape index (κ2) is 8.19. The molecule has 1 saturated heterocycles. The van der Waals surface area contributed by atoms with Gasteiger partial charge in [0.1, 0.15) is 0 Å². The Labute approximate surface area is 159 Å². The Morgan fingerprint density at radius 2 is 1.84 bits per heavy atom. The molecule has 1 heterocycles. The van der Waals surface area contributed by atoms with Gasteiger partial charge >= 0.3 is 0 Å². The third kappa shape index (κ3) is 4.83. The van der Waals surface area contributed by atoms with E-state index in [2.05, 4.69) is 52.1 Å². The van der Waals surface area contributed by atoms with Crippen LogP contribution in [0, 0.1) is 0 Å². The van der Waals surface area contributed by atoms with Crippen molar-refractivity contribution in [3.05, 3.63) is 34.3 Å². The molecule has 1 N–H and O–H groups in total. The topological polar surface area (TPSA) is 41.6 Å². The standard InChI is InChI=1S/C20H29BrN2O2/c1-15-13-23(14-16(2)25-15)12-4-3-11-22-19(24)20(9-10-20)17-5-7-18(21)8-6-17/h5-8,15-16H,3-4,9-14H2,1-2H3,(H,22,24)/t15-,16-/m0/s1. The van der Waals surface area contributed by atoms with Gasteiger partial charge in [0, 0.05) is 24.1 Å². The fraction of sp³-hybridized carbons (Fsp3) is 0.650. The van der Waals surface area contributed by atoms with Gasteiger partial charge in [-0.25, -0.2) is 0 Å². The lowest BCUT2D eigenvalue weighted by molar-refractivity contribution is -0.123. The molecular formula is C20H29BrN2O2. The minimum Gasteiger partial charge on any atom is -0.373 e. The van der Waals surface area contributed by atoms with Crippen LogP contribution in [0.15, 0.2) is 28.7 Å². The molecule has 1 aromatic carbocycles. The number of nitrogens with zero attached hydrogens (tertiary/aromatic N) is 1. The molecule has 1 saturated carbocycles. The number of amides is 1. The molecule has 5 heteroatoms. The maximum absolute atomic E-state index is 12.6. The molecule has 0 aromatic heterocycles. The number of ether oxygens (including phenoxy) is 1. The van der Waals surface area contributed by atoms with Crippen LogP contribution in [0.1, 0.15) is 45.1 Å². The quantitative estimate of drug-likeness (QED) is 0.702. The lowest BCUT2D eigenvalue weighted by Gasteiger charge is -2.35. The van der Waals surface area contributed by atoms with Gasteiger partial charge in [0.05, 0.1) is 17.6 Å². The van der Waals surface area contributed by atoms with Crippen molar-refractivity contribution in [3.8, 4) is 0 Å². The molecule has 2 fully saturated rings. The molecule has 0 bridgehead atoms. The van der Waals surface area contributed by atoms with Crippen LogP contribution >= 0.6 is 15.9 Å². The summed E-state index contributed by atoms with van der Waals surface area (Å²) in [4.78, 5) is 15.1. The molecule has 138 valence electrons. The van der Waals surface area contributed by atoms with Crippen molar-refractivity contribution in [2.45, 2.75) is 57.2 Å². The Morgan fingerprint density at radius 3 is 2.44 bits per heavy atom. The Morgan fingerprint density at radius 1 is 1.20 bits per heavy atom. The van der Waals surface area contributed by atoms with Crippen LogP contribution in [0.25, 0.3) is 0 Å². The molecule has 1 aliphatic heterocycles. The Bertz CT molecular complexity index is 576. The fourth-order valence-corrected chi connectivity index (χ4v) is 4.10. The molecule has 0 unspecified atom stereocenters. The fourth-order valence-electron chi connectivity index (χ4n) is 3.84. The molecule has 0 spiro atoms. The van der Waals surface area contributed by atoms with Gasteiger partial charge in [-0.3, -0.25) is 9.69 Å². The highest BCUT2D eigenvalue weighted by molar-refractivity contribution is 9.10. The average Bonchev–Trinajstić information content (AvgIpc) is 3.36. The number of carbonyl (C=O) groups excluding carboxylic acids is 1. The van der Waals surface area contributed by atoms with Crippen LogP contribution in [-0.4, -0.2) is 49.2 Å². The highest BCUT2D eigenvalue weighted by Crippen LogP contribution is 2.48. The van der Waals surface area contributed by atoms with Crippen molar-refractivity contribution in [2.24, 2.45) is 0 Å². The van der Waals surface area contributed by atoms with Crippen LogP contribution in [0.3, 0.4) is 0 Å². The van der Waals surface area contributed by atoms with E-state index in [4.69, 9.17) is 4.74 Å². The summed E-state index contributed by atoms with van der Waals surface area (Å²) in [5, 5.41) is 3.16. The van der Waals surface area contributed by atoms with Crippen molar-refractivity contribution in [2.75, 3.05) is 26.2 Å². The van der Waals surface area contributed by atoms with E-state index < -0.39 is 0 Å². The van der Waals surface area contributed by atoms with Gasteiger partial charge in [-0.2, -0.15) is 0 Å². The number of hydrogen-bond acceptors (Lipinski definition) is 3. The van der Waals surface area contributed by atoms with Crippen molar-refractivity contribution in [1.29, 1.82) is 0 Å². The normalized spacial score (nSPS) is 25.6. The summed E-state index contributed by atoms with van der Waals surface area (Å²) >= 11 is 3.46. The second-order valence-corrected chi connectivity index (χ2v) is 8.48. The maximum atomic E-state index is 12.6. The molecular weight excluding hydrogens is 380 g/mol. The largest absolute Gasteiger partial charge is 0.373 e. The van der Waals surface area contributed by atoms with Crippen LogP contribution in [0.2, 0.25) is 0 Å². The van der Waals surface area contributed by atoms with Gasteiger partial charge in [0.25, 0.3) is 0 Å². The molecule has 1 amide bonds. The van der Waals surface area contributed by atoms with Gasteiger partial charge in [0.15, 0.2) is 0 Å². The van der Waals surface area contributed by atoms with Crippen molar-refractivity contribution in [1.82, 2.24) is 10.2 Å². The summed E-state index contributed by atoms with van der Waals surface area (Å²) < 4.78 is 6.82. The number of nitrogens with one attached hydrogen (secondary N) is 1. The zero-order chi connectivity index (χ0) is 17.9. The number of hydrogen-bond donors (Lipinski definition) is 1. The Balaban J connectivity index is 1.38. The monoisotopic (exact) mass is 408 g/mol. The molecule has 1 aliphatic carbocycles. The zero-order valence-electron chi connectivity index (χ0n) is 15.3. The first-order valence-corrected chi connectivity index (χ1v) is 10.2. The summed E-state index contributed by atoms with van der Waals surface area (Å²) in [6.07, 6.45) is 4.72. The van der Waals surface area contributed by atoms with E-state index in [0.29, 0.717) is 12.2 Å². The van der Waals surface area contributed by atoms with Gasteiger partial charge in [-0.1, -0.05) is 28.1 Å². The first-order valence-electron chi connectivity index (χ1n) is 9.42. The van der Waals surface area contributed by atoms with Gasteiger partial charge in [-0.15, -0.1) is 0 Å². The molecule has 1 aromatic rings. The van der Waals surface area contributed by atoms with E-state index in [-0.39, 0.29) is 11.3 Å². The number of halogens is 1. The van der Waals surface area contributed by atoms with Crippen LogP contribution in [0.5, 0.6) is 0 Å². The predicted molar refractivity (Wildman–Crippen MR) is 104 cm³/mol. The SMILES string of the molecule is C[C@H]1CN(CCCCNC(=O)C2(c3ccc(Br)cc3)CC2)C[C@H](C)O1. The smallest absolute Gasteiger partial charge is 0.230 e. The van der Waals surface area contributed by atoms with Gasteiger partial charge in [-0.05, 0) is 63.8 Å². The zero-order valence-corrected chi connectivity index (χ0v) is 16.8. The molecule has 25 heavy (non-hydrogen) atoms. The summed E-state index contributed by atoms with van der Waals surface area (Å²) in [7, 11) is 0. The van der Waals surface area contributed by atoms with Gasteiger partial charge in [0.2, 0.25) is 5.91 Å². The summed E-state index contributed by atoms with van der Waals surface area (Å²) in [5.41, 5.74) is 0.875. The Hall–Kier alpha value is -0.910.